The first-order valence-electron chi connectivity index (χ1n) is 13.0. The van der Waals surface area contributed by atoms with Crippen molar-refractivity contribution >= 4 is 0 Å². The van der Waals surface area contributed by atoms with Crippen LogP contribution in [0.3, 0.4) is 0 Å². The molecule has 2 fully saturated rings. The van der Waals surface area contributed by atoms with Crippen LogP contribution in [0.2, 0.25) is 0 Å². The van der Waals surface area contributed by atoms with Crippen LogP contribution in [0.4, 0.5) is 0 Å². The third kappa shape index (κ3) is 6.76. The van der Waals surface area contributed by atoms with E-state index in [-0.39, 0.29) is 18.1 Å². The van der Waals surface area contributed by atoms with E-state index in [1.54, 1.807) is 5.57 Å². The highest BCUT2D eigenvalue weighted by molar-refractivity contribution is 5.21. The smallest absolute Gasteiger partial charge is 0.0723 e. The normalized spacial score (nSPS) is 29.0. The van der Waals surface area contributed by atoms with Gasteiger partial charge in [-0.1, -0.05) is 55.9 Å². The number of nitrogens with zero attached hydrogens (tertiary/aromatic N) is 1. The van der Waals surface area contributed by atoms with Crippen molar-refractivity contribution in [2.45, 2.75) is 89.4 Å². The number of hydrogen-bond acceptors (Lipinski definition) is 4. The lowest BCUT2D eigenvalue weighted by molar-refractivity contribution is 0.139. The quantitative estimate of drug-likeness (QED) is 0.311. The van der Waals surface area contributed by atoms with Crippen molar-refractivity contribution in [2.75, 3.05) is 6.54 Å². The van der Waals surface area contributed by atoms with Crippen LogP contribution in [0.25, 0.3) is 0 Å². The van der Waals surface area contributed by atoms with Gasteiger partial charge in [-0.2, -0.15) is 0 Å². The SMILES string of the molecule is O[C@H](/C=C/[C@@H]1[C@H]2CC(CCCCCNCc3ccncc3)=C[C@H]2C[C@H]1O)CC1CCCC1. The molecule has 3 N–H and O–H groups in total. The second kappa shape index (κ2) is 12.1. The van der Waals surface area contributed by atoms with Crippen molar-refractivity contribution in [2.24, 2.45) is 23.7 Å². The minimum atomic E-state index is -0.342. The maximum atomic E-state index is 10.6. The fourth-order valence-corrected chi connectivity index (χ4v) is 6.23. The van der Waals surface area contributed by atoms with E-state index in [2.05, 4.69) is 34.6 Å². The predicted octanol–water partition coefficient (Wildman–Crippen LogP) is 5.17. The topological polar surface area (TPSA) is 65.4 Å². The highest BCUT2D eigenvalue weighted by Gasteiger charge is 2.43. The minimum Gasteiger partial charge on any atom is -0.392 e. The van der Waals surface area contributed by atoms with Gasteiger partial charge in [0.05, 0.1) is 12.2 Å². The Morgan fingerprint density at radius 1 is 1.12 bits per heavy atom. The van der Waals surface area contributed by atoms with Crippen molar-refractivity contribution in [3.63, 3.8) is 0 Å². The molecule has 0 amide bonds. The molecule has 5 atom stereocenters. The van der Waals surface area contributed by atoms with Crippen LogP contribution >= 0.6 is 0 Å². The van der Waals surface area contributed by atoms with Gasteiger partial charge >= 0.3 is 0 Å². The number of unbranched alkanes of at least 4 members (excludes halogenated alkanes) is 2. The van der Waals surface area contributed by atoms with Crippen molar-refractivity contribution in [3.8, 4) is 0 Å². The molecule has 4 nitrogen and oxygen atoms in total. The van der Waals surface area contributed by atoms with Crippen molar-refractivity contribution in [1.29, 1.82) is 0 Å². The number of aliphatic hydroxyl groups is 2. The Labute approximate surface area is 194 Å². The van der Waals surface area contributed by atoms with Gasteiger partial charge in [0, 0.05) is 24.9 Å². The lowest BCUT2D eigenvalue weighted by Crippen LogP contribution is -2.18. The maximum Gasteiger partial charge on any atom is 0.0723 e. The minimum absolute atomic E-state index is 0.212. The van der Waals surface area contributed by atoms with Gasteiger partial charge in [0.15, 0.2) is 0 Å². The first-order valence-corrected chi connectivity index (χ1v) is 13.0. The molecule has 0 bridgehead atoms. The first kappa shape index (κ1) is 23.7. The zero-order chi connectivity index (χ0) is 22.2. The Morgan fingerprint density at radius 3 is 2.75 bits per heavy atom. The summed E-state index contributed by atoms with van der Waals surface area (Å²) in [6.07, 6.45) is 22.8. The van der Waals surface area contributed by atoms with Crippen LogP contribution in [-0.2, 0) is 6.54 Å². The second-order valence-corrected chi connectivity index (χ2v) is 10.4. The number of nitrogens with one attached hydrogen (secondary N) is 1. The van der Waals surface area contributed by atoms with E-state index in [9.17, 15) is 10.2 Å². The van der Waals surface area contributed by atoms with E-state index in [4.69, 9.17) is 0 Å². The van der Waals surface area contributed by atoms with E-state index < -0.39 is 0 Å². The van der Waals surface area contributed by atoms with E-state index in [1.807, 2.05) is 18.5 Å². The number of aromatic nitrogens is 1. The van der Waals surface area contributed by atoms with Crippen LogP contribution in [0.5, 0.6) is 0 Å². The van der Waals surface area contributed by atoms with E-state index in [0.717, 1.165) is 32.4 Å². The summed E-state index contributed by atoms with van der Waals surface area (Å²) in [5.41, 5.74) is 2.89. The van der Waals surface area contributed by atoms with Crippen molar-refractivity contribution in [3.05, 3.63) is 53.9 Å². The molecule has 4 heteroatoms. The van der Waals surface area contributed by atoms with Crippen LogP contribution < -0.4 is 5.32 Å². The summed E-state index contributed by atoms with van der Waals surface area (Å²) < 4.78 is 0. The molecule has 0 spiro atoms. The fraction of sp³-hybridized carbons (Fsp3) is 0.679. The average molecular weight is 439 g/mol. The van der Waals surface area contributed by atoms with Crippen LogP contribution in [0.15, 0.2) is 48.3 Å². The van der Waals surface area contributed by atoms with Crippen LogP contribution in [0.1, 0.15) is 76.2 Å². The van der Waals surface area contributed by atoms with Gasteiger partial charge in [-0.3, -0.25) is 4.98 Å². The van der Waals surface area contributed by atoms with Gasteiger partial charge < -0.3 is 15.5 Å². The van der Waals surface area contributed by atoms with E-state index in [0.29, 0.717) is 17.8 Å². The summed E-state index contributed by atoms with van der Waals surface area (Å²) in [4.78, 5) is 4.06. The summed E-state index contributed by atoms with van der Waals surface area (Å²) in [5.74, 6) is 1.98. The number of hydrogen-bond donors (Lipinski definition) is 3. The molecule has 3 aliphatic carbocycles. The fourth-order valence-electron chi connectivity index (χ4n) is 6.23. The second-order valence-electron chi connectivity index (χ2n) is 10.4. The molecule has 0 radical (unpaired) electrons. The molecule has 2 saturated carbocycles. The molecule has 1 aromatic rings. The molecule has 176 valence electrons. The van der Waals surface area contributed by atoms with E-state index >= 15 is 0 Å². The molecule has 3 aliphatic rings. The zero-order valence-corrected chi connectivity index (χ0v) is 19.5. The monoisotopic (exact) mass is 438 g/mol. The molecule has 0 aliphatic heterocycles. The summed E-state index contributed by atoms with van der Waals surface area (Å²) in [7, 11) is 0. The Balaban J connectivity index is 1.12. The van der Waals surface area contributed by atoms with Crippen LogP contribution in [-0.4, -0.2) is 33.9 Å². The van der Waals surface area contributed by atoms with Crippen molar-refractivity contribution < 1.29 is 10.2 Å². The molecule has 0 saturated heterocycles. The summed E-state index contributed by atoms with van der Waals surface area (Å²) >= 11 is 0. The standard InChI is InChI=1S/C28H42N2O2/c31-25(17-21-6-3-4-7-21)9-10-26-27-18-23(16-24(27)19-28(26)32)8-2-1-5-13-30-20-22-11-14-29-15-12-22/h9-12,14-16,21,24-28,30-32H,1-8,13,17-20H2/b10-9+/t24-,25+,26+,27-,28+/m0/s1. The van der Waals surface area contributed by atoms with Gasteiger partial charge in [0.2, 0.25) is 0 Å². The number of allylic oxidation sites excluding steroid dienone is 2. The molecule has 4 rings (SSSR count). The summed E-state index contributed by atoms with van der Waals surface area (Å²) in [6, 6.07) is 4.12. The number of aliphatic hydroxyl groups excluding tert-OH is 2. The third-order valence-electron chi connectivity index (χ3n) is 7.98. The lowest BCUT2D eigenvalue weighted by Gasteiger charge is -2.19. The molecule has 32 heavy (non-hydrogen) atoms. The Kier molecular flexibility index (Phi) is 8.95. The van der Waals surface area contributed by atoms with Gasteiger partial charge in [-0.05, 0) is 80.5 Å². The average Bonchev–Trinajstić information content (AvgIpc) is 3.50. The Bertz CT molecular complexity index is 741. The maximum absolute atomic E-state index is 10.6. The predicted molar refractivity (Wildman–Crippen MR) is 130 cm³/mol. The van der Waals surface area contributed by atoms with Gasteiger partial charge in [0.25, 0.3) is 0 Å². The number of pyridine rings is 1. The van der Waals surface area contributed by atoms with E-state index in [1.165, 1.54) is 56.9 Å². The Hall–Kier alpha value is -1.49. The summed E-state index contributed by atoms with van der Waals surface area (Å²) in [6.45, 7) is 1.98. The molecule has 1 heterocycles. The number of rotatable bonds is 12. The highest BCUT2D eigenvalue weighted by atomic mass is 16.3. The molecular formula is C28H42N2O2. The Morgan fingerprint density at radius 2 is 1.94 bits per heavy atom. The van der Waals surface area contributed by atoms with Crippen LogP contribution in [0, 0.1) is 23.7 Å². The molecule has 0 aromatic carbocycles. The van der Waals surface area contributed by atoms with Crippen molar-refractivity contribution in [1.82, 2.24) is 10.3 Å². The highest BCUT2D eigenvalue weighted by Crippen LogP contribution is 2.48. The molecular weight excluding hydrogens is 396 g/mol. The third-order valence-corrected chi connectivity index (χ3v) is 7.98. The molecule has 1 aromatic heterocycles. The lowest BCUT2D eigenvalue weighted by atomic mass is 9.88. The molecule has 0 unspecified atom stereocenters. The van der Waals surface area contributed by atoms with Gasteiger partial charge in [-0.25, -0.2) is 0 Å². The first-order chi connectivity index (χ1) is 15.7. The summed E-state index contributed by atoms with van der Waals surface area (Å²) in [5, 5.41) is 24.5. The number of fused-ring (bicyclic) bond motifs is 1. The zero-order valence-electron chi connectivity index (χ0n) is 19.5. The van der Waals surface area contributed by atoms with Gasteiger partial charge in [-0.15, -0.1) is 0 Å². The largest absolute Gasteiger partial charge is 0.392 e. The van der Waals surface area contributed by atoms with Gasteiger partial charge in [0.1, 0.15) is 0 Å².